The van der Waals surface area contributed by atoms with Gasteiger partial charge in [-0.3, -0.25) is 0 Å². The highest BCUT2D eigenvalue weighted by atomic mass is 32.2. The van der Waals surface area contributed by atoms with Gasteiger partial charge in [-0.25, -0.2) is 26.7 Å². The van der Waals surface area contributed by atoms with Gasteiger partial charge >= 0.3 is 0 Å². The third kappa shape index (κ3) is 6.04. The smallest absolute Gasteiger partial charge is 0.225 e. The van der Waals surface area contributed by atoms with E-state index < -0.39 is 20.0 Å². The van der Waals surface area contributed by atoms with Gasteiger partial charge in [0.25, 0.3) is 0 Å². The second-order valence-electron chi connectivity index (χ2n) is 5.39. The molecule has 24 heavy (non-hydrogen) atoms. The van der Waals surface area contributed by atoms with Crippen molar-refractivity contribution in [2.75, 3.05) is 12.3 Å². The summed E-state index contributed by atoms with van der Waals surface area (Å²) in [5.41, 5.74) is 1.80. The Morgan fingerprint density at radius 2 is 1.38 bits per heavy atom. The molecule has 0 radical (unpaired) electrons. The maximum atomic E-state index is 12.0. The monoisotopic (exact) mass is 368 g/mol. The normalized spacial score (nSPS) is 12.2. The fourth-order valence-electron chi connectivity index (χ4n) is 2.17. The van der Waals surface area contributed by atoms with Crippen LogP contribution in [-0.2, 0) is 32.9 Å². The lowest BCUT2D eigenvalue weighted by Gasteiger charge is -2.07. The second-order valence-corrected chi connectivity index (χ2v) is 8.88. The van der Waals surface area contributed by atoms with Crippen molar-refractivity contribution in [1.82, 2.24) is 4.72 Å². The Balaban J connectivity index is 1.82. The van der Waals surface area contributed by atoms with Gasteiger partial charge < -0.3 is 0 Å². The van der Waals surface area contributed by atoms with E-state index in [1.165, 1.54) is 12.1 Å². The van der Waals surface area contributed by atoms with E-state index in [0.717, 1.165) is 11.1 Å². The molecule has 6 nitrogen and oxygen atoms in total. The molecule has 0 saturated carbocycles. The first-order valence-corrected chi connectivity index (χ1v) is 10.6. The van der Waals surface area contributed by atoms with E-state index in [1.807, 2.05) is 30.3 Å². The number of nitrogens with one attached hydrogen (secondary N) is 1. The van der Waals surface area contributed by atoms with Crippen LogP contribution in [0.25, 0.3) is 0 Å². The molecule has 130 valence electrons. The summed E-state index contributed by atoms with van der Waals surface area (Å²) in [6.07, 6.45) is 0.925. The lowest BCUT2D eigenvalue weighted by atomic mass is 10.2. The molecule has 0 amide bonds. The zero-order valence-electron chi connectivity index (χ0n) is 13.1. The van der Waals surface area contributed by atoms with E-state index in [4.69, 9.17) is 5.14 Å². The summed E-state index contributed by atoms with van der Waals surface area (Å²) in [4.78, 5) is 0.0368. The first kappa shape index (κ1) is 18.6. The molecule has 0 spiro atoms. The average Bonchev–Trinajstić information content (AvgIpc) is 2.54. The second kappa shape index (κ2) is 7.89. The topological polar surface area (TPSA) is 106 Å². The van der Waals surface area contributed by atoms with Crippen molar-refractivity contribution in [3.63, 3.8) is 0 Å². The minimum atomic E-state index is -3.71. The van der Waals surface area contributed by atoms with Crippen LogP contribution in [-0.4, -0.2) is 29.1 Å². The van der Waals surface area contributed by atoms with Crippen LogP contribution in [0.5, 0.6) is 0 Å². The molecule has 0 unspecified atom stereocenters. The zero-order valence-corrected chi connectivity index (χ0v) is 14.7. The van der Waals surface area contributed by atoms with Gasteiger partial charge in [-0.1, -0.05) is 42.5 Å². The highest BCUT2D eigenvalue weighted by Crippen LogP contribution is 2.09. The molecule has 8 heteroatoms. The molecule has 0 fully saturated rings. The van der Waals surface area contributed by atoms with E-state index in [9.17, 15) is 16.8 Å². The average molecular weight is 368 g/mol. The minimum absolute atomic E-state index is 0.0291. The fourth-order valence-corrected chi connectivity index (χ4v) is 3.74. The van der Waals surface area contributed by atoms with Crippen LogP contribution < -0.4 is 9.86 Å². The summed E-state index contributed by atoms with van der Waals surface area (Å²) in [6.45, 7) is 0.256. The lowest BCUT2D eigenvalue weighted by molar-refractivity contribution is 0.581. The number of benzene rings is 2. The van der Waals surface area contributed by atoms with Crippen molar-refractivity contribution in [2.45, 2.75) is 17.7 Å². The summed E-state index contributed by atoms with van der Waals surface area (Å²) in [6, 6.07) is 15.5. The van der Waals surface area contributed by atoms with Crippen LogP contribution in [0.2, 0.25) is 0 Å². The summed E-state index contributed by atoms with van der Waals surface area (Å²) in [5.74, 6) is 0.0291. The van der Waals surface area contributed by atoms with Gasteiger partial charge in [0.1, 0.15) is 0 Å². The van der Waals surface area contributed by atoms with Crippen LogP contribution in [0.15, 0.2) is 59.5 Å². The quantitative estimate of drug-likeness (QED) is 0.726. The van der Waals surface area contributed by atoms with E-state index in [-0.39, 0.29) is 17.2 Å². The Kier molecular flexibility index (Phi) is 6.11. The first-order valence-electron chi connectivity index (χ1n) is 7.39. The molecule has 0 atom stereocenters. The molecule has 2 aromatic carbocycles. The number of nitrogens with two attached hydrogens (primary N) is 1. The van der Waals surface area contributed by atoms with Crippen molar-refractivity contribution in [3.8, 4) is 0 Å². The van der Waals surface area contributed by atoms with E-state index in [2.05, 4.69) is 4.72 Å². The number of hydrogen-bond donors (Lipinski definition) is 2. The van der Waals surface area contributed by atoms with E-state index in [1.54, 1.807) is 12.1 Å². The molecule has 0 aliphatic rings. The number of hydrogen-bond acceptors (Lipinski definition) is 4. The summed E-state index contributed by atoms with van der Waals surface area (Å²) < 4.78 is 48.8. The number of primary sulfonamides is 1. The molecule has 2 rings (SSSR count). The van der Waals surface area contributed by atoms with Crippen molar-refractivity contribution in [2.24, 2.45) is 5.14 Å². The summed E-state index contributed by atoms with van der Waals surface area (Å²) in [5, 5.41) is 5.03. The van der Waals surface area contributed by atoms with Crippen LogP contribution in [0.4, 0.5) is 0 Å². The van der Waals surface area contributed by atoms with Crippen molar-refractivity contribution in [1.29, 1.82) is 0 Å². The third-order valence-electron chi connectivity index (χ3n) is 3.49. The predicted octanol–water partition coefficient (Wildman–Crippen LogP) is 1.04. The molecule has 0 aromatic heterocycles. The van der Waals surface area contributed by atoms with Crippen LogP contribution >= 0.6 is 0 Å². The molecular formula is C16H20N2O4S2. The van der Waals surface area contributed by atoms with Gasteiger partial charge in [0.2, 0.25) is 20.0 Å². The molecule has 0 aliphatic carbocycles. The Hall–Kier alpha value is -1.74. The summed E-state index contributed by atoms with van der Waals surface area (Å²) in [7, 11) is -7.06. The van der Waals surface area contributed by atoms with Gasteiger partial charge in [0, 0.05) is 6.54 Å². The maximum absolute atomic E-state index is 12.0. The van der Waals surface area contributed by atoms with Crippen molar-refractivity contribution in [3.05, 3.63) is 65.7 Å². The van der Waals surface area contributed by atoms with Gasteiger partial charge in [0.15, 0.2) is 0 Å². The largest absolute Gasteiger partial charge is 0.238 e. The number of rotatable bonds is 8. The third-order valence-corrected chi connectivity index (χ3v) is 5.80. The highest BCUT2D eigenvalue weighted by molar-refractivity contribution is 7.89. The Bertz CT molecular complexity index is 862. The molecule has 0 aliphatic heterocycles. The predicted molar refractivity (Wildman–Crippen MR) is 93.5 cm³/mol. The van der Waals surface area contributed by atoms with Crippen LogP contribution in [0, 0.1) is 0 Å². The Morgan fingerprint density at radius 1 is 0.792 bits per heavy atom. The van der Waals surface area contributed by atoms with Gasteiger partial charge in [-0.2, -0.15) is 0 Å². The zero-order chi connectivity index (χ0) is 17.6. The van der Waals surface area contributed by atoms with Gasteiger partial charge in [-0.15, -0.1) is 0 Å². The summed E-state index contributed by atoms with van der Waals surface area (Å²) >= 11 is 0. The fraction of sp³-hybridized carbons (Fsp3) is 0.250. The first-order chi connectivity index (χ1) is 11.3. The molecule has 2 aromatic rings. The van der Waals surface area contributed by atoms with Crippen LogP contribution in [0.3, 0.4) is 0 Å². The molecule has 0 bridgehead atoms. The van der Waals surface area contributed by atoms with Crippen LogP contribution in [0.1, 0.15) is 11.1 Å². The lowest BCUT2D eigenvalue weighted by Crippen LogP contribution is -2.29. The van der Waals surface area contributed by atoms with Gasteiger partial charge in [0.05, 0.1) is 10.6 Å². The molecular weight excluding hydrogens is 348 g/mol. The molecule has 0 saturated heterocycles. The van der Waals surface area contributed by atoms with Crippen molar-refractivity contribution < 1.29 is 16.8 Å². The number of aryl methyl sites for hydroxylation is 1. The molecule has 3 N–H and O–H groups in total. The van der Waals surface area contributed by atoms with E-state index >= 15 is 0 Å². The SMILES string of the molecule is NS(=O)(=O)c1ccc(CCNS(=O)(=O)CCc2ccccc2)cc1. The van der Waals surface area contributed by atoms with Crippen molar-refractivity contribution >= 4 is 20.0 Å². The maximum Gasteiger partial charge on any atom is 0.238 e. The highest BCUT2D eigenvalue weighted by Gasteiger charge is 2.10. The standard InChI is InChI=1S/C16H20N2O4S2/c17-24(21,22)16-8-6-15(7-9-16)10-12-18-23(19,20)13-11-14-4-2-1-3-5-14/h1-9,18H,10-13H2,(H2,17,21,22). The van der Waals surface area contributed by atoms with Gasteiger partial charge in [-0.05, 0) is 36.1 Å². The minimum Gasteiger partial charge on any atom is -0.225 e. The van der Waals surface area contributed by atoms with E-state index in [0.29, 0.717) is 12.8 Å². The Labute approximate surface area is 142 Å². The molecule has 0 heterocycles. The number of sulfonamides is 2. The Morgan fingerprint density at radius 3 is 1.96 bits per heavy atom.